The molecule has 2 aromatic heterocycles. The van der Waals surface area contributed by atoms with E-state index in [1.807, 2.05) is 25.3 Å². The van der Waals surface area contributed by atoms with Crippen molar-refractivity contribution in [1.82, 2.24) is 24.6 Å². The maximum Gasteiger partial charge on any atom is 0.137 e. The van der Waals surface area contributed by atoms with Crippen molar-refractivity contribution in [2.45, 2.75) is 36.4 Å². The first-order chi connectivity index (χ1) is 15.0. The van der Waals surface area contributed by atoms with Gasteiger partial charge in [0.2, 0.25) is 0 Å². The molecule has 0 bridgehead atoms. The summed E-state index contributed by atoms with van der Waals surface area (Å²) < 4.78 is 16.3. The average molecular weight is 439 g/mol. The highest BCUT2D eigenvalue weighted by Crippen LogP contribution is 2.39. The number of fused-ring (bicyclic) bond motifs is 1. The van der Waals surface area contributed by atoms with Gasteiger partial charge in [0, 0.05) is 47.9 Å². The molecule has 0 saturated carbocycles. The predicted molar refractivity (Wildman–Crippen MR) is 117 cm³/mol. The Bertz CT molecular complexity index is 1080. The van der Waals surface area contributed by atoms with Crippen LogP contribution in [0.1, 0.15) is 18.1 Å². The molecule has 31 heavy (non-hydrogen) atoms. The number of aliphatic imine (C=N–C) groups is 1. The number of nitrogens with zero attached hydrogens (tertiary/aromatic N) is 6. The van der Waals surface area contributed by atoms with Crippen molar-refractivity contribution >= 4 is 16.8 Å². The lowest BCUT2D eigenvalue weighted by atomic mass is 9.85. The number of likely N-dealkylation sites (tertiary alicyclic amines) is 1. The molecule has 5 rings (SSSR count). The van der Waals surface area contributed by atoms with E-state index >= 15 is 0 Å². The highest BCUT2D eigenvalue weighted by molar-refractivity contribution is 8.15. The third-order valence-corrected chi connectivity index (χ3v) is 7.50. The molecule has 160 valence electrons. The quantitative estimate of drug-likeness (QED) is 0.636. The Kier molecular flexibility index (Phi) is 5.33. The summed E-state index contributed by atoms with van der Waals surface area (Å²) in [6.45, 7) is 3.52. The maximum absolute atomic E-state index is 14.8. The molecule has 9 heteroatoms. The molecule has 0 aliphatic carbocycles. The average Bonchev–Trinajstić information content (AvgIpc) is 3.51. The second-order valence-electron chi connectivity index (χ2n) is 8.03. The van der Waals surface area contributed by atoms with Crippen LogP contribution < -0.4 is 0 Å². The van der Waals surface area contributed by atoms with Crippen LogP contribution in [0.5, 0.6) is 0 Å². The van der Waals surface area contributed by atoms with E-state index < -0.39 is 11.4 Å². The van der Waals surface area contributed by atoms with E-state index in [-0.39, 0.29) is 24.2 Å². The fraction of sp³-hybridized carbons (Fsp3) is 0.364. The number of aliphatic hydroxyl groups is 1. The number of rotatable bonds is 6. The summed E-state index contributed by atoms with van der Waals surface area (Å²) in [7, 11) is 0. The molecule has 0 spiro atoms. The fourth-order valence-corrected chi connectivity index (χ4v) is 5.73. The van der Waals surface area contributed by atoms with Crippen molar-refractivity contribution in [3.8, 4) is 0 Å². The summed E-state index contributed by atoms with van der Waals surface area (Å²) in [5.74, 6) is -0.428. The van der Waals surface area contributed by atoms with E-state index in [9.17, 15) is 9.50 Å². The van der Waals surface area contributed by atoms with Crippen molar-refractivity contribution in [2.24, 2.45) is 4.99 Å². The summed E-state index contributed by atoms with van der Waals surface area (Å²) >= 11 is 1.76. The lowest BCUT2D eigenvalue weighted by Gasteiger charge is -2.40. The summed E-state index contributed by atoms with van der Waals surface area (Å²) in [4.78, 5) is 15.3. The van der Waals surface area contributed by atoms with Gasteiger partial charge in [-0.25, -0.2) is 14.1 Å². The van der Waals surface area contributed by atoms with E-state index in [4.69, 9.17) is 4.99 Å². The minimum absolute atomic E-state index is 0.109. The number of halogens is 1. The lowest BCUT2D eigenvalue weighted by molar-refractivity contribution is -0.0579. The van der Waals surface area contributed by atoms with Crippen molar-refractivity contribution < 1.29 is 9.50 Å². The minimum atomic E-state index is -1.47. The number of thioether (sulfide) groups is 1. The summed E-state index contributed by atoms with van der Waals surface area (Å²) in [6.07, 6.45) is 6.55. The van der Waals surface area contributed by atoms with Crippen LogP contribution in [0.2, 0.25) is 0 Å². The van der Waals surface area contributed by atoms with E-state index in [0.717, 1.165) is 17.2 Å². The Morgan fingerprint density at radius 1 is 1.23 bits per heavy atom. The minimum Gasteiger partial charge on any atom is -0.381 e. The Morgan fingerprint density at radius 3 is 2.81 bits per heavy atom. The first kappa shape index (κ1) is 20.3. The molecule has 2 aliphatic heterocycles. The standard InChI is InChI=1S/C22H23FN6OS/c1-15(22(30,12-29-14-25-13-26-29)17-6-2-3-7-18(17)23)28-10-19-20(11-28)31-21(27-19)16-5-4-8-24-9-16/h2-9,13-15,19-20,30H,10-12H2,1H3/t15-,19?,20?,22-/m1/s1. The number of pyridine rings is 1. The smallest absolute Gasteiger partial charge is 0.137 e. The largest absolute Gasteiger partial charge is 0.381 e. The van der Waals surface area contributed by atoms with Gasteiger partial charge in [-0.05, 0) is 25.1 Å². The Morgan fingerprint density at radius 2 is 2.10 bits per heavy atom. The number of benzene rings is 1. The zero-order valence-corrected chi connectivity index (χ0v) is 17.9. The van der Waals surface area contributed by atoms with Gasteiger partial charge in [-0.2, -0.15) is 5.10 Å². The molecule has 0 amide bonds. The topological polar surface area (TPSA) is 79.4 Å². The molecular formula is C22H23FN6OS. The Balaban J connectivity index is 1.40. The van der Waals surface area contributed by atoms with Crippen molar-refractivity contribution in [1.29, 1.82) is 0 Å². The number of aromatic nitrogens is 4. The molecule has 2 aliphatic rings. The third-order valence-electron chi connectivity index (χ3n) is 6.17. The first-order valence-electron chi connectivity index (χ1n) is 10.2. The molecule has 1 N–H and O–H groups in total. The molecule has 4 atom stereocenters. The van der Waals surface area contributed by atoms with E-state index in [0.29, 0.717) is 11.8 Å². The highest BCUT2D eigenvalue weighted by atomic mass is 32.2. The molecular weight excluding hydrogens is 415 g/mol. The fourth-order valence-electron chi connectivity index (χ4n) is 4.42. The SMILES string of the molecule is C[C@@H](N1CC2N=C(c3cccnc3)SC2C1)[C@](O)(Cn1cncn1)c1ccccc1F. The van der Waals surface area contributed by atoms with Gasteiger partial charge >= 0.3 is 0 Å². The van der Waals surface area contributed by atoms with Crippen molar-refractivity contribution in [2.75, 3.05) is 13.1 Å². The normalized spacial score (nSPS) is 23.9. The summed E-state index contributed by atoms with van der Waals surface area (Å²) in [5, 5.41) is 17.3. The van der Waals surface area contributed by atoms with Crippen LogP contribution in [-0.2, 0) is 12.1 Å². The van der Waals surface area contributed by atoms with Gasteiger partial charge in [-0.1, -0.05) is 30.0 Å². The predicted octanol–water partition coefficient (Wildman–Crippen LogP) is 2.33. The molecule has 4 heterocycles. The second-order valence-corrected chi connectivity index (χ2v) is 9.25. The number of hydrogen-bond acceptors (Lipinski definition) is 7. The third kappa shape index (κ3) is 3.77. The highest BCUT2D eigenvalue weighted by Gasteiger charge is 2.47. The monoisotopic (exact) mass is 438 g/mol. The van der Waals surface area contributed by atoms with Gasteiger partial charge in [0.05, 0.1) is 12.6 Å². The van der Waals surface area contributed by atoms with Gasteiger partial charge in [0.15, 0.2) is 0 Å². The van der Waals surface area contributed by atoms with Gasteiger partial charge in [0.25, 0.3) is 0 Å². The van der Waals surface area contributed by atoms with Crippen LogP contribution in [-0.4, -0.2) is 65.2 Å². The van der Waals surface area contributed by atoms with Crippen molar-refractivity contribution in [3.05, 3.63) is 78.4 Å². The molecule has 1 fully saturated rings. The Hall–Kier alpha value is -2.62. The molecule has 1 saturated heterocycles. The zero-order valence-electron chi connectivity index (χ0n) is 17.0. The molecule has 7 nitrogen and oxygen atoms in total. The van der Waals surface area contributed by atoms with Crippen LogP contribution in [0, 0.1) is 5.82 Å². The molecule has 3 aromatic rings. The van der Waals surface area contributed by atoms with E-state index in [1.165, 1.54) is 18.7 Å². The number of hydrogen-bond donors (Lipinski definition) is 1. The summed E-state index contributed by atoms with van der Waals surface area (Å²) in [6, 6.07) is 10.1. The van der Waals surface area contributed by atoms with E-state index in [1.54, 1.807) is 40.8 Å². The van der Waals surface area contributed by atoms with Crippen LogP contribution in [0.15, 0.2) is 66.4 Å². The van der Waals surface area contributed by atoms with Crippen LogP contribution in [0.25, 0.3) is 0 Å². The Labute approximate surface area is 184 Å². The van der Waals surface area contributed by atoms with Gasteiger partial charge in [-0.3, -0.25) is 14.9 Å². The van der Waals surface area contributed by atoms with Crippen LogP contribution in [0.4, 0.5) is 4.39 Å². The van der Waals surface area contributed by atoms with Crippen LogP contribution >= 0.6 is 11.8 Å². The van der Waals surface area contributed by atoms with E-state index in [2.05, 4.69) is 20.0 Å². The second kappa shape index (κ2) is 8.14. The first-order valence-corrected chi connectivity index (χ1v) is 11.1. The zero-order chi connectivity index (χ0) is 21.4. The maximum atomic E-state index is 14.8. The molecule has 1 aromatic carbocycles. The van der Waals surface area contributed by atoms with Crippen LogP contribution in [0.3, 0.4) is 0 Å². The van der Waals surface area contributed by atoms with Gasteiger partial charge in [-0.15, -0.1) is 0 Å². The van der Waals surface area contributed by atoms with Crippen molar-refractivity contribution in [3.63, 3.8) is 0 Å². The molecule has 2 unspecified atom stereocenters. The molecule has 0 radical (unpaired) electrons. The van der Waals surface area contributed by atoms with Gasteiger partial charge in [0.1, 0.15) is 29.1 Å². The lowest BCUT2D eigenvalue weighted by Crippen LogP contribution is -2.51. The van der Waals surface area contributed by atoms with Gasteiger partial charge < -0.3 is 5.11 Å². The summed E-state index contributed by atoms with van der Waals surface area (Å²) in [5.41, 5.74) is -0.170.